The first-order valence-corrected chi connectivity index (χ1v) is 8.73. The predicted molar refractivity (Wildman–Crippen MR) is 83.4 cm³/mol. The highest BCUT2D eigenvalue weighted by Crippen LogP contribution is 2.29. The van der Waals surface area contributed by atoms with Crippen molar-refractivity contribution in [2.75, 3.05) is 6.54 Å². The van der Waals surface area contributed by atoms with Crippen LogP contribution in [0.15, 0.2) is 0 Å². The summed E-state index contributed by atoms with van der Waals surface area (Å²) in [6.45, 7) is 16.4. The third-order valence-corrected chi connectivity index (χ3v) is 4.76. The highest BCUT2D eigenvalue weighted by atomic mass is 28.4. The van der Waals surface area contributed by atoms with Crippen molar-refractivity contribution >= 4 is 15.0 Å². The molecule has 0 aromatic rings. The molecule has 7 heteroatoms. The molecule has 0 radical (unpaired) electrons. The second kappa shape index (κ2) is 6.74. The zero-order chi connectivity index (χ0) is 17.1. The van der Waals surface area contributed by atoms with Gasteiger partial charge in [-0.15, -0.1) is 0 Å². The van der Waals surface area contributed by atoms with Crippen LogP contribution in [0.1, 0.15) is 62.3 Å². The number of carbonyl (C=O) groups excluding carboxylic acids is 1. The molecule has 6 nitrogen and oxygen atoms in total. The van der Waals surface area contributed by atoms with E-state index >= 15 is 0 Å². The van der Waals surface area contributed by atoms with E-state index < -0.39 is 31.8 Å². The van der Waals surface area contributed by atoms with Gasteiger partial charge in [-0.1, -0.05) is 0 Å². The van der Waals surface area contributed by atoms with E-state index in [0.29, 0.717) is 0 Å². The second-order valence-electron chi connectivity index (χ2n) is 7.82. The Balaban J connectivity index is 5.63. The van der Waals surface area contributed by atoms with Gasteiger partial charge in [-0.2, -0.15) is 0 Å². The number of nitrogens with two attached hydrogens (primary N) is 1. The molecule has 0 atom stereocenters. The van der Waals surface area contributed by atoms with Gasteiger partial charge in [-0.05, 0) is 62.3 Å². The van der Waals surface area contributed by atoms with Crippen LogP contribution in [0.5, 0.6) is 0 Å². The van der Waals surface area contributed by atoms with Crippen molar-refractivity contribution in [3.05, 3.63) is 0 Å². The van der Waals surface area contributed by atoms with Gasteiger partial charge in [0.15, 0.2) is 0 Å². The zero-order valence-corrected chi connectivity index (χ0v) is 15.8. The Bertz CT molecular complexity index is 311. The molecule has 2 N–H and O–H groups in total. The number of carbonyl (C=O) groups is 1. The Morgan fingerprint density at radius 2 is 1.10 bits per heavy atom. The molecule has 0 unspecified atom stereocenters. The lowest BCUT2D eigenvalue weighted by atomic mass is 10.2. The lowest BCUT2D eigenvalue weighted by Crippen LogP contribution is -2.60. The maximum atomic E-state index is 11.7. The summed E-state index contributed by atoms with van der Waals surface area (Å²) in [4.78, 5) is 11.7. The SMILES string of the molecule is CC(C)(C)O[Si](OC(=O)CN)(OC(C)(C)C)OC(C)(C)C. The summed E-state index contributed by atoms with van der Waals surface area (Å²) in [6.07, 6.45) is 0. The van der Waals surface area contributed by atoms with Crippen LogP contribution in [0.4, 0.5) is 0 Å². The minimum atomic E-state index is -3.72. The predicted octanol–water partition coefficient (Wildman–Crippen LogP) is 2.37. The third kappa shape index (κ3) is 9.97. The number of rotatable bonds is 5. The van der Waals surface area contributed by atoms with Gasteiger partial charge in [0.1, 0.15) is 0 Å². The summed E-state index contributed by atoms with van der Waals surface area (Å²) >= 11 is 0. The molecule has 0 saturated heterocycles. The Morgan fingerprint density at radius 1 is 0.810 bits per heavy atom. The van der Waals surface area contributed by atoms with Gasteiger partial charge < -0.3 is 23.4 Å². The lowest BCUT2D eigenvalue weighted by Gasteiger charge is -2.40. The van der Waals surface area contributed by atoms with Crippen LogP contribution in [0.2, 0.25) is 0 Å². The standard InChI is InChI=1S/C14H31NO5Si/c1-12(2,3)18-21(17-11(16)10-15,19-13(4,5)6)20-14(7,8)9/h10,15H2,1-9H3. The third-order valence-electron chi connectivity index (χ3n) is 1.70. The van der Waals surface area contributed by atoms with Crippen molar-refractivity contribution in [3.8, 4) is 0 Å². The fourth-order valence-corrected chi connectivity index (χ4v) is 4.29. The Morgan fingerprint density at radius 3 is 1.29 bits per heavy atom. The van der Waals surface area contributed by atoms with Crippen molar-refractivity contribution in [1.82, 2.24) is 0 Å². The van der Waals surface area contributed by atoms with Crippen molar-refractivity contribution in [3.63, 3.8) is 0 Å². The first-order valence-electron chi connectivity index (χ1n) is 7.10. The smallest absolute Gasteiger partial charge is 0.451 e. The average molecular weight is 321 g/mol. The molecule has 0 aliphatic carbocycles. The molecule has 0 saturated carbocycles. The first-order chi connectivity index (χ1) is 9.08. The largest absolute Gasteiger partial charge is 0.752 e. The highest BCUT2D eigenvalue weighted by Gasteiger charge is 2.57. The first kappa shape index (κ1) is 20.5. The van der Waals surface area contributed by atoms with Gasteiger partial charge in [0.05, 0.1) is 23.3 Å². The minimum absolute atomic E-state index is 0.261. The molecule has 0 aliphatic rings. The van der Waals surface area contributed by atoms with Crippen molar-refractivity contribution < 1.29 is 22.5 Å². The van der Waals surface area contributed by atoms with E-state index in [9.17, 15) is 4.79 Å². The van der Waals surface area contributed by atoms with Crippen LogP contribution in [0.25, 0.3) is 0 Å². The normalized spacial score (nSPS) is 14.2. The van der Waals surface area contributed by atoms with Crippen LogP contribution >= 0.6 is 0 Å². The van der Waals surface area contributed by atoms with Gasteiger partial charge in [-0.25, -0.2) is 0 Å². The van der Waals surface area contributed by atoms with Gasteiger partial charge in [-0.3, -0.25) is 4.79 Å². The van der Waals surface area contributed by atoms with Gasteiger partial charge >= 0.3 is 15.0 Å². The molecule has 0 heterocycles. The van der Waals surface area contributed by atoms with E-state index in [1.807, 2.05) is 62.3 Å². The number of hydrogen-bond donors (Lipinski definition) is 1. The van der Waals surface area contributed by atoms with E-state index in [2.05, 4.69) is 0 Å². The molecule has 0 aromatic carbocycles. The average Bonchev–Trinajstić information content (AvgIpc) is 2.07. The minimum Gasteiger partial charge on any atom is -0.451 e. The van der Waals surface area contributed by atoms with E-state index in [-0.39, 0.29) is 6.54 Å². The summed E-state index contributed by atoms with van der Waals surface area (Å²) in [5, 5.41) is 0. The van der Waals surface area contributed by atoms with Crippen molar-refractivity contribution in [1.29, 1.82) is 0 Å². The van der Waals surface area contributed by atoms with Crippen LogP contribution in [-0.2, 0) is 22.5 Å². The van der Waals surface area contributed by atoms with Gasteiger partial charge in [0.2, 0.25) is 0 Å². The van der Waals surface area contributed by atoms with E-state index in [0.717, 1.165) is 0 Å². The molecule has 0 aliphatic heterocycles. The van der Waals surface area contributed by atoms with Crippen LogP contribution in [0.3, 0.4) is 0 Å². The topological polar surface area (TPSA) is 80.0 Å². The molecule has 0 aromatic heterocycles. The summed E-state index contributed by atoms with van der Waals surface area (Å²) in [5.41, 5.74) is 3.55. The monoisotopic (exact) mass is 321 g/mol. The van der Waals surface area contributed by atoms with E-state index in [4.69, 9.17) is 23.4 Å². The molecular weight excluding hydrogens is 290 g/mol. The second-order valence-corrected chi connectivity index (χ2v) is 9.64. The van der Waals surface area contributed by atoms with E-state index in [1.54, 1.807) is 0 Å². The molecule has 126 valence electrons. The molecule has 0 amide bonds. The molecule has 0 spiro atoms. The molecule has 0 rings (SSSR count). The molecule has 0 fully saturated rings. The molecule has 21 heavy (non-hydrogen) atoms. The van der Waals surface area contributed by atoms with E-state index in [1.165, 1.54) is 0 Å². The fraction of sp³-hybridized carbons (Fsp3) is 0.929. The van der Waals surface area contributed by atoms with Crippen molar-refractivity contribution in [2.24, 2.45) is 5.73 Å². The quantitative estimate of drug-likeness (QED) is 0.783. The fourth-order valence-electron chi connectivity index (χ4n) is 1.43. The van der Waals surface area contributed by atoms with Gasteiger partial charge in [0, 0.05) is 0 Å². The Hall–Kier alpha value is -0.473. The maximum Gasteiger partial charge on any atom is 0.752 e. The summed E-state index contributed by atoms with van der Waals surface area (Å²) < 4.78 is 23.3. The maximum absolute atomic E-state index is 11.7. The summed E-state index contributed by atoms with van der Waals surface area (Å²) in [7, 11) is -3.72. The highest BCUT2D eigenvalue weighted by molar-refractivity contribution is 6.56. The summed E-state index contributed by atoms with van der Waals surface area (Å²) in [6, 6.07) is 0. The van der Waals surface area contributed by atoms with Gasteiger partial charge in [0.25, 0.3) is 0 Å². The Kier molecular flexibility index (Phi) is 6.59. The zero-order valence-electron chi connectivity index (χ0n) is 14.8. The van der Waals surface area contributed by atoms with Crippen LogP contribution < -0.4 is 5.73 Å². The lowest BCUT2D eigenvalue weighted by molar-refractivity contribution is -0.160. The number of hydrogen-bond acceptors (Lipinski definition) is 6. The van der Waals surface area contributed by atoms with Crippen LogP contribution in [-0.4, -0.2) is 38.4 Å². The Labute approximate surface area is 129 Å². The molecular formula is C14H31NO5Si. The molecule has 0 bridgehead atoms. The van der Waals surface area contributed by atoms with Crippen molar-refractivity contribution in [2.45, 2.75) is 79.1 Å². The van der Waals surface area contributed by atoms with Crippen LogP contribution in [0, 0.1) is 0 Å². The summed E-state index contributed by atoms with van der Waals surface area (Å²) in [5.74, 6) is -0.612.